The predicted octanol–water partition coefficient (Wildman–Crippen LogP) is 1.62. The van der Waals surface area contributed by atoms with E-state index in [1.54, 1.807) is 21.0 Å². The van der Waals surface area contributed by atoms with Gasteiger partial charge in [0.15, 0.2) is 5.11 Å². The lowest BCUT2D eigenvalue weighted by atomic mass is 10.0. The molecule has 0 fully saturated rings. The first-order valence-corrected chi connectivity index (χ1v) is 8.80. The number of benzene rings is 1. The second-order valence-corrected chi connectivity index (χ2v) is 6.65. The zero-order valence-electron chi connectivity index (χ0n) is 15.6. The number of aliphatic carboxylic acids is 1. The second-order valence-electron chi connectivity index (χ2n) is 6.24. The van der Waals surface area contributed by atoms with Crippen molar-refractivity contribution in [2.24, 2.45) is 5.92 Å². The van der Waals surface area contributed by atoms with Crippen molar-refractivity contribution in [3.63, 3.8) is 0 Å². The molecule has 3 N–H and O–H groups in total. The number of nitrogens with zero attached hydrogens (tertiary/aromatic N) is 1. The van der Waals surface area contributed by atoms with Gasteiger partial charge in [-0.3, -0.25) is 4.79 Å². The Labute approximate surface area is 159 Å². The van der Waals surface area contributed by atoms with E-state index in [-0.39, 0.29) is 18.2 Å². The molecule has 0 aliphatic heterocycles. The highest BCUT2D eigenvalue weighted by Gasteiger charge is 2.28. The minimum Gasteiger partial charge on any atom is -0.497 e. The number of carboxylic acids is 1. The van der Waals surface area contributed by atoms with E-state index in [0.29, 0.717) is 18.2 Å². The molecule has 1 atom stereocenters. The average molecular weight is 381 g/mol. The number of rotatable bonds is 9. The fourth-order valence-electron chi connectivity index (χ4n) is 2.50. The number of carboxylic acid groups (broad SMARTS) is 1. The standard InChI is InChI=1S/C18H27N3O4S/c1-12(2)16(17(23)24)21(3)15(22)9-10-19-18(26)20-11-13-5-7-14(25-4)8-6-13/h5-8,12,16H,9-11H2,1-4H3,(H,23,24)(H2,19,20,26). The molecule has 1 amide bonds. The van der Waals surface area contributed by atoms with Gasteiger partial charge in [0.1, 0.15) is 11.8 Å². The van der Waals surface area contributed by atoms with Crippen molar-refractivity contribution < 1.29 is 19.4 Å². The highest BCUT2D eigenvalue weighted by atomic mass is 32.1. The third-order valence-corrected chi connectivity index (χ3v) is 4.22. The van der Waals surface area contributed by atoms with Gasteiger partial charge in [-0.05, 0) is 35.8 Å². The van der Waals surface area contributed by atoms with Crippen LogP contribution in [0.2, 0.25) is 0 Å². The summed E-state index contributed by atoms with van der Waals surface area (Å²) in [5.74, 6) is -0.614. The van der Waals surface area contributed by atoms with Gasteiger partial charge in [-0.15, -0.1) is 0 Å². The Morgan fingerprint density at radius 2 is 1.85 bits per heavy atom. The van der Waals surface area contributed by atoms with Crippen LogP contribution in [0.25, 0.3) is 0 Å². The fraction of sp³-hybridized carbons (Fsp3) is 0.500. The molecule has 0 heterocycles. The first kappa shape index (κ1) is 21.7. The van der Waals surface area contributed by atoms with Gasteiger partial charge in [0, 0.05) is 26.6 Å². The van der Waals surface area contributed by atoms with Crippen LogP contribution in [0.15, 0.2) is 24.3 Å². The average Bonchev–Trinajstić information content (AvgIpc) is 2.59. The minimum atomic E-state index is -1.000. The molecule has 0 saturated heterocycles. The molecule has 0 radical (unpaired) electrons. The number of methoxy groups -OCH3 is 1. The maximum absolute atomic E-state index is 12.2. The summed E-state index contributed by atoms with van der Waals surface area (Å²) in [6.45, 7) is 4.44. The van der Waals surface area contributed by atoms with Gasteiger partial charge in [-0.25, -0.2) is 4.79 Å². The minimum absolute atomic E-state index is 0.164. The maximum atomic E-state index is 12.2. The number of nitrogens with one attached hydrogen (secondary N) is 2. The molecule has 8 heteroatoms. The highest BCUT2D eigenvalue weighted by Crippen LogP contribution is 2.11. The Morgan fingerprint density at radius 1 is 1.23 bits per heavy atom. The third kappa shape index (κ3) is 6.87. The predicted molar refractivity (Wildman–Crippen MR) is 104 cm³/mol. The molecule has 0 spiro atoms. The van der Waals surface area contributed by atoms with Gasteiger partial charge in [-0.2, -0.15) is 0 Å². The highest BCUT2D eigenvalue weighted by molar-refractivity contribution is 7.80. The van der Waals surface area contributed by atoms with Crippen LogP contribution in [0, 0.1) is 5.92 Å². The van der Waals surface area contributed by atoms with Gasteiger partial charge in [0.25, 0.3) is 0 Å². The van der Waals surface area contributed by atoms with Gasteiger partial charge in [0.05, 0.1) is 7.11 Å². The van der Waals surface area contributed by atoms with Crippen molar-refractivity contribution in [2.75, 3.05) is 20.7 Å². The molecule has 26 heavy (non-hydrogen) atoms. The van der Waals surface area contributed by atoms with E-state index in [0.717, 1.165) is 11.3 Å². The SMILES string of the molecule is COc1ccc(CNC(=S)NCCC(=O)N(C)C(C(=O)O)C(C)C)cc1. The number of carbonyl (C=O) groups excluding carboxylic acids is 1. The largest absolute Gasteiger partial charge is 0.497 e. The van der Waals surface area contributed by atoms with Crippen molar-refractivity contribution in [3.8, 4) is 5.75 Å². The summed E-state index contributed by atoms with van der Waals surface area (Å²) in [6, 6.07) is 6.78. The summed E-state index contributed by atoms with van der Waals surface area (Å²) >= 11 is 5.19. The van der Waals surface area contributed by atoms with Crippen molar-refractivity contribution in [1.29, 1.82) is 0 Å². The summed E-state index contributed by atoms with van der Waals surface area (Å²) in [4.78, 5) is 24.7. The number of likely N-dealkylation sites (N-methyl/N-ethyl adjacent to an activating group) is 1. The number of carbonyl (C=O) groups is 2. The number of ether oxygens (including phenoxy) is 1. The molecule has 1 unspecified atom stereocenters. The maximum Gasteiger partial charge on any atom is 0.326 e. The number of hydrogen-bond donors (Lipinski definition) is 3. The van der Waals surface area contributed by atoms with E-state index >= 15 is 0 Å². The van der Waals surface area contributed by atoms with Crippen LogP contribution in [0.5, 0.6) is 5.75 Å². The zero-order chi connectivity index (χ0) is 19.7. The van der Waals surface area contributed by atoms with Crippen molar-refractivity contribution in [2.45, 2.75) is 32.9 Å². The molecule has 0 saturated carbocycles. The molecule has 0 aromatic heterocycles. The summed E-state index contributed by atoms with van der Waals surface area (Å²) in [5, 5.41) is 15.7. The zero-order valence-corrected chi connectivity index (χ0v) is 16.4. The number of thiocarbonyl (C=S) groups is 1. The molecule has 7 nitrogen and oxygen atoms in total. The summed E-state index contributed by atoms with van der Waals surface area (Å²) < 4.78 is 5.10. The van der Waals surface area contributed by atoms with Gasteiger partial charge < -0.3 is 25.4 Å². The van der Waals surface area contributed by atoms with Crippen molar-refractivity contribution >= 4 is 29.2 Å². The Hall–Kier alpha value is -2.35. The van der Waals surface area contributed by atoms with Crippen molar-refractivity contribution in [3.05, 3.63) is 29.8 Å². The molecule has 1 aromatic rings. The van der Waals surface area contributed by atoms with E-state index in [1.165, 1.54) is 11.9 Å². The molecule has 1 rings (SSSR count). The molecule has 1 aromatic carbocycles. The third-order valence-electron chi connectivity index (χ3n) is 3.93. The topological polar surface area (TPSA) is 90.9 Å². The van der Waals surface area contributed by atoms with Crippen LogP contribution in [0.1, 0.15) is 25.8 Å². The molecule has 0 aliphatic rings. The Morgan fingerprint density at radius 3 is 2.35 bits per heavy atom. The quantitative estimate of drug-likeness (QED) is 0.560. The second kappa shape index (κ2) is 10.6. The molecule has 0 bridgehead atoms. The molecular formula is C18H27N3O4S. The first-order valence-electron chi connectivity index (χ1n) is 8.39. The Kier molecular flexibility index (Phi) is 8.84. The lowest BCUT2D eigenvalue weighted by Gasteiger charge is -2.27. The van der Waals surface area contributed by atoms with Crippen LogP contribution in [-0.2, 0) is 16.1 Å². The summed E-state index contributed by atoms with van der Waals surface area (Å²) in [7, 11) is 3.13. The lowest BCUT2D eigenvalue weighted by Crippen LogP contribution is -2.46. The monoisotopic (exact) mass is 381 g/mol. The molecular weight excluding hydrogens is 354 g/mol. The first-order chi connectivity index (χ1) is 12.3. The van der Waals surface area contributed by atoms with Crippen LogP contribution < -0.4 is 15.4 Å². The van der Waals surface area contributed by atoms with Crippen LogP contribution in [0.3, 0.4) is 0 Å². The van der Waals surface area contributed by atoms with Crippen molar-refractivity contribution in [1.82, 2.24) is 15.5 Å². The Balaban J connectivity index is 2.35. The van der Waals surface area contributed by atoms with Crippen LogP contribution in [0.4, 0.5) is 0 Å². The van der Waals surface area contributed by atoms with Gasteiger partial charge in [-0.1, -0.05) is 26.0 Å². The van der Waals surface area contributed by atoms with Crippen LogP contribution in [-0.4, -0.2) is 53.7 Å². The summed E-state index contributed by atoms with van der Waals surface area (Å²) in [6.07, 6.45) is 0.164. The smallest absolute Gasteiger partial charge is 0.326 e. The molecule has 144 valence electrons. The Bertz CT molecular complexity index is 619. The van der Waals surface area contributed by atoms with Gasteiger partial charge in [0.2, 0.25) is 5.91 Å². The van der Waals surface area contributed by atoms with Gasteiger partial charge >= 0.3 is 5.97 Å². The van der Waals surface area contributed by atoms with E-state index < -0.39 is 12.0 Å². The summed E-state index contributed by atoms with van der Waals surface area (Å²) in [5.41, 5.74) is 1.05. The van der Waals surface area contributed by atoms with E-state index in [2.05, 4.69) is 10.6 Å². The van der Waals surface area contributed by atoms with E-state index in [4.69, 9.17) is 17.0 Å². The number of hydrogen-bond acceptors (Lipinski definition) is 4. The lowest BCUT2D eigenvalue weighted by molar-refractivity contribution is -0.150. The van der Waals surface area contributed by atoms with E-state index in [1.807, 2.05) is 24.3 Å². The van der Waals surface area contributed by atoms with E-state index in [9.17, 15) is 14.7 Å². The van der Waals surface area contributed by atoms with Crippen LogP contribution >= 0.6 is 12.2 Å². The molecule has 0 aliphatic carbocycles. The normalized spacial score (nSPS) is 11.6. The fourth-order valence-corrected chi connectivity index (χ4v) is 2.67. The number of amides is 1.